The first-order chi connectivity index (χ1) is 8.80. The number of halogens is 2. The van der Waals surface area contributed by atoms with Crippen LogP contribution >= 0.6 is 11.3 Å². The molecule has 0 aromatic carbocycles. The Morgan fingerprint density at radius 2 is 2.16 bits per heavy atom. The fourth-order valence-electron chi connectivity index (χ4n) is 1.25. The van der Waals surface area contributed by atoms with Crippen LogP contribution in [0.15, 0.2) is 9.72 Å². The lowest BCUT2D eigenvalue weighted by atomic mass is 10.5. The zero-order valence-electron chi connectivity index (χ0n) is 9.36. The highest BCUT2D eigenvalue weighted by atomic mass is 32.2. The lowest BCUT2D eigenvalue weighted by Crippen LogP contribution is -2.37. The summed E-state index contributed by atoms with van der Waals surface area (Å²) in [4.78, 5) is 14.2. The maximum atomic E-state index is 12.3. The zero-order valence-corrected chi connectivity index (χ0v) is 11.0. The summed E-state index contributed by atoms with van der Waals surface area (Å²) < 4.78 is 48.4. The SMILES string of the molecule is O=C(O)c1ncsc1S(=O)(=O)N(CCO)CC(F)F. The van der Waals surface area contributed by atoms with Gasteiger partial charge in [-0.3, -0.25) is 0 Å². The highest BCUT2D eigenvalue weighted by Gasteiger charge is 2.32. The second-order valence-corrected chi connectivity index (χ2v) is 6.26. The van der Waals surface area contributed by atoms with E-state index in [-0.39, 0.29) is 0 Å². The number of hydrogen-bond acceptors (Lipinski definition) is 6. The van der Waals surface area contributed by atoms with Gasteiger partial charge < -0.3 is 10.2 Å². The minimum atomic E-state index is -4.42. The van der Waals surface area contributed by atoms with Crippen molar-refractivity contribution < 1.29 is 32.2 Å². The summed E-state index contributed by atoms with van der Waals surface area (Å²) in [6.45, 7) is -2.34. The molecule has 0 aliphatic heterocycles. The molecule has 2 N–H and O–H groups in total. The Labute approximate surface area is 111 Å². The van der Waals surface area contributed by atoms with E-state index in [0.29, 0.717) is 15.6 Å². The van der Waals surface area contributed by atoms with Gasteiger partial charge in [0.05, 0.1) is 18.7 Å². The van der Waals surface area contributed by atoms with Gasteiger partial charge in [0.2, 0.25) is 0 Å². The number of carboxylic acid groups (broad SMARTS) is 1. The lowest BCUT2D eigenvalue weighted by molar-refractivity contribution is 0.0687. The first kappa shape index (κ1) is 15.9. The maximum Gasteiger partial charge on any atom is 0.356 e. The van der Waals surface area contributed by atoms with Crippen molar-refractivity contribution in [3.05, 3.63) is 11.2 Å². The number of carboxylic acids is 1. The Morgan fingerprint density at radius 3 is 2.63 bits per heavy atom. The first-order valence-corrected chi connectivity index (χ1v) is 7.18. The van der Waals surface area contributed by atoms with E-state index in [9.17, 15) is 22.0 Å². The van der Waals surface area contributed by atoms with Crippen molar-refractivity contribution >= 4 is 27.3 Å². The normalized spacial score (nSPS) is 12.3. The molecule has 0 aliphatic rings. The Kier molecular flexibility index (Phi) is 5.29. The van der Waals surface area contributed by atoms with E-state index in [1.807, 2.05) is 0 Å². The highest BCUT2D eigenvalue weighted by Crippen LogP contribution is 2.24. The molecular formula is C8H10F2N2O5S2. The van der Waals surface area contributed by atoms with Crippen LogP contribution in [0.2, 0.25) is 0 Å². The van der Waals surface area contributed by atoms with Crippen LogP contribution in [0.4, 0.5) is 8.78 Å². The third-order valence-electron chi connectivity index (χ3n) is 2.00. The number of aliphatic hydroxyl groups excluding tert-OH is 1. The molecule has 7 nitrogen and oxygen atoms in total. The fourth-order valence-corrected chi connectivity index (χ4v) is 3.94. The summed E-state index contributed by atoms with van der Waals surface area (Å²) in [7, 11) is -4.42. The molecule has 0 amide bonds. The lowest BCUT2D eigenvalue weighted by Gasteiger charge is -2.19. The van der Waals surface area contributed by atoms with E-state index >= 15 is 0 Å². The van der Waals surface area contributed by atoms with Gasteiger partial charge >= 0.3 is 5.97 Å². The molecule has 0 atom stereocenters. The monoisotopic (exact) mass is 316 g/mol. The Hall–Kier alpha value is -1.17. The second-order valence-electron chi connectivity index (χ2n) is 3.27. The van der Waals surface area contributed by atoms with E-state index in [0.717, 1.165) is 5.51 Å². The van der Waals surface area contributed by atoms with E-state index in [2.05, 4.69) is 4.98 Å². The van der Waals surface area contributed by atoms with Gasteiger partial charge in [0.25, 0.3) is 16.4 Å². The first-order valence-electron chi connectivity index (χ1n) is 4.86. The van der Waals surface area contributed by atoms with Crippen molar-refractivity contribution in [3.63, 3.8) is 0 Å². The molecule has 19 heavy (non-hydrogen) atoms. The average Bonchev–Trinajstić information content (AvgIpc) is 2.77. The van der Waals surface area contributed by atoms with Crippen LogP contribution in [-0.4, -0.2) is 60.0 Å². The third-order valence-corrected chi connectivity index (χ3v) is 5.21. The number of aliphatic hydroxyl groups is 1. The molecule has 1 rings (SSSR count). The number of hydrogen-bond donors (Lipinski definition) is 2. The van der Waals surface area contributed by atoms with Crippen LogP contribution in [0, 0.1) is 0 Å². The summed E-state index contributed by atoms with van der Waals surface area (Å²) >= 11 is 0.518. The summed E-state index contributed by atoms with van der Waals surface area (Å²) in [5.74, 6) is -1.57. The van der Waals surface area contributed by atoms with Gasteiger partial charge in [-0.2, -0.15) is 4.31 Å². The van der Waals surface area contributed by atoms with Crippen LogP contribution in [0.3, 0.4) is 0 Å². The molecule has 1 aromatic heterocycles. The molecule has 108 valence electrons. The van der Waals surface area contributed by atoms with Crippen molar-refractivity contribution in [1.29, 1.82) is 0 Å². The van der Waals surface area contributed by atoms with Gasteiger partial charge in [0.1, 0.15) is 0 Å². The number of carbonyl (C=O) groups is 1. The van der Waals surface area contributed by atoms with Gasteiger partial charge in [-0.25, -0.2) is 27.0 Å². The molecule has 0 saturated carbocycles. The number of sulfonamides is 1. The summed E-state index contributed by atoms with van der Waals surface area (Å²) in [6.07, 6.45) is -2.94. The number of rotatable bonds is 7. The standard InChI is InChI=1S/C8H10F2N2O5S2/c9-5(10)3-12(1-2-13)19(16,17)8-6(7(14)15)11-4-18-8/h4-5,13H,1-3H2,(H,14,15). The molecule has 0 unspecified atom stereocenters. The van der Waals surface area contributed by atoms with Gasteiger partial charge in [0, 0.05) is 6.54 Å². The number of alkyl halides is 2. The van der Waals surface area contributed by atoms with Crippen LogP contribution in [0.5, 0.6) is 0 Å². The number of nitrogens with zero attached hydrogens (tertiary/aromatic N) is 2. The predicted molar refractivity (Wildman–Crippen MR) is 60.9 cm³/mol. The fraction of sp³-hybridized carbons (Fsp3) is 0.500. The molecule has 1 aromatic rings. The van der Waals surface area contributed by atoms with Crippen LogP contribution < -0.4 is 0 Å². The van der Waals surface area contributed by atoms with Crippen molar-refractivity contribution in [2.45, 2.75) is 10.6 Å². The summed E-state index contributed by atoms with van der Waals surface area (Å²) in [6, 6.07) is 0. The summed E-state index contributed by atoms with van der Waals surface area (Å²) in [5.41, 5.74) is 0.276. The van der Waals surface area contributed by atoms with Gasteiger partial charge in [-0.05, 0) is 0 Å². The minimum absolute atomic E-state index is 0.331. The number of aromatic nitrogens is 1. The molecule has 0 bridgehead atoms. The average molecular weight is 316 g/mol. The number of aromatic carboxylic acids is 1. The largest absolute Gasteiger partial charge is 0.476 e. The van der Waals surface area contributed by atoms with E-state index < -0.39 is 52.0 Å². The molecule has 0 fully saturated rings. The minimum Gasteiger partial charge on any atom is -0.476 e. The van der Waals surface area contributed by atoms with Crippen molar-refractivity contribution in [2.24, 2.45) is 0 Å². The van der Waals surface area contributed by atoms with Crippen LogP contribution in [0.25, 0.3) is 0 Å². The maximum absolute atomic E-state index is 12.3. The van der Waals surface area contributed by atoms with E-state index in [1.54, 1.807) is 0 Å². The smallest absolute Gasteiger partial charge is 0.356 e. The predicted octanol–water partition coefficient (Wildman–Crippen LogP) is 0.0894. The molecular weight excluding hydrogens is 306 g/mol. The molecule has 11 heteroatoms. The van der Waals surface area contributed by atoms with Crippen LogP contribution in [0.1, 0.15) is 10.5 Å². The van der Waals surface area contributed by atoms with Gasteiger partial charge in [-0.1, -0.05) is 0 Å². The molecule has 0 aliphatic carbocycles. The Bertz CT molecular complexity index is 545. The van der Waals surface area contributed by atoms with E-state index in [1.165, 1.54) is 0 Å². The highest BCUT2D eigenvalue weighted by molar-refractivity contribution is 7.91. The van der Waals surface area contributed by atoms with Crippen molar-refractivity contribution in [2.75, 3.05) is 19.7 Å². The van der Waals surface area contributed by atoms with Gasteiger partial charge in [-0.15, -0.1) is 11.3 Å². The molecule has 0 spiro atoms. The molecule has 0 radical (unpaired) electrons. The van der Waals surface area contributed by atoms with Crippen molar-refractivity contribution in [3.8, 4) is 0 Å². The Morgan fingerprint density at radius 1 is 1.53 bits per heavy atom. The molecule has 0 saturated heterocycles. The second kappa shape index (κ2) is 6.32. The Balaban J connectivity index is 3.19. The molecule has 1 heterocycles. The van der Waals surface area contributed by atoms with Gasteiger partial charge in [0.15, 0.2) is 9.90 Å². The quantitative estimate of drug-likeness (QED) is 0.738. The third kappa shape index (κ3) is 3.65. The topological polar surface area (TPSA) is 108 Å². The zero-order chi connectivity index (χ0) is 14.6. The van der Waals surface area contributed by atoms with E-state index in [4.69, 9.17) is 10.2 Å². The van der Waals surface area contributed by atoms with Crippen LogP contribution in [-0.2, 0) is 10.0 Å². The van der Waals surface area contributed by atoms with Crippen molar-refractivity contribution in [1.82, 2.24) is 9.29 Å². The summed E-state index contributed by atoms with van der Waals surface area (Å²) in [5, 5.41) is 17.5. The number of thiazole rings is 1.